The molecule has 0 aliphatic carbocycles. The van der Waals surface area contributed by atoms with E-state index in [2.05, 4.69) is 0 Å². The second-order valence-corrected chi connectivity index (χ2v) is 6.75. The average molecular weight is 264 g/mol. The molecule has 0 saturated carbocycles. The van der Waals surface area contributed by atoms with Gasteiger partial charge < -0.3 is 24.7 Å². The molecule has 5 nitrogen and oxygen atoms in total. The third-order valence-corrected chi connectivity index (χ3v) is 5.95. The molecule has 0 aromatic carbocycles. The summed E-state index contributed by atoms with van der Waals surface area (Å²) < 4.78 is 17.5. The fourth-order valence-corrected chi connectivity index (χ4v) is 4.44. The minimum Gasteiger partial charge on any atom is -0.373 e. The molecule has 0 radical (unpaired) electrons. The van der Waals surface area contributed by atoms with Gasteiger partial charge in [0.05, 0.1) is 5.67 Å². The van der Waals surface area contributed by atoms with Crippen LogP contribution < -0.4 is 11.5 Å². The third kappa shape index (κ3) is 5.46. The summed E-state index contributed by atoms with van der Waals surface area (Å²) >= 11 is 0. The van der Waals surface area contributed by atoms with Gasteiger partial charge in [-0.1, -0.05) is 6.92 Å². The normalized spacial score (nSPS) is 15.9. The van der Waals surface area contributed by atoms with Crippen molar-refractivity contribution in [3.8, 4) is 0 Å². The maximum atomic E-state index is 6.12. The quantitative estimate of drug-likeness (QED) is 0.576. The molecule has 104 valence electrons. The Labute approximate surface area is 106 Å². The van der Waals surface area contributed by atoms with Crippen molar-refractivity contribution in [2.45, 2.75) is 52.3 Å². The van der Waals surface area contributed by atoms with Gasteiger partial charge in [-0.2, -0.15) is 0 Å². The summed E-state index contributed by atoms with van der Waals surface area (Å²) in [5, 5.41) is 0. The van der Waals surface area contributed by atoms with E-state index in [1.807, 2.05) is 27.7 Å². The van der Waals surface area contributed by atoms with Crippen molar-refractivity contribution >= 4 is 8.80 Å². The van der Waals surface area contributed by atoms with Crippen LogP contribution in [0.15, 0.2) is 0 Å². The maximum Gasteiger partial charge on any atom is 0.518 e. The summed E-state index contributed by atoms with van der Waals surface area (Å²) in [5.74, 6) is 0. The summed E-state index contributed by atoms with van der Waals surface area (Å²) in [6, 6.07) is 0. The molecule has 2 atom stereocenters. The lowest BCUT2D eigenvalue weighted by Gasteiger charge is -2.35. The molecule has 0 spiro atoms. The first-order chi connectivity index (χ1) is 8.06. The van der Waals surface area contributed by atoms with Gasteiger partial charge in [-0.05, 0) is 40.2 Å². The lowest BCUT2D eigenvalue weighted by molar-refractivity contribution is 0.0283. The lowest BCUT2D eigenvalue weighted by Crippen LogP contribution is -2.61. The van der Waals surface area contributed by atoms with Crippen LogP contribution in [-0.2, 0) is 13.3 Å². The summed E-state index contributed by atoms with van der Waals surface area (Å²) in [7, 11) is -2.78. The molecular weight excluding hydrogens is 236 g/mol. The zero-order valence-electron chi connectivity index (χ0n) is 11.6. The molecule has 17 heavy (non-hydrogen) atoms. The fraction of sp³-hybridized carbons (Fsp3) is 1.00. The smallest absolute Gasteiger partial charge is 0.373 e. The van der Waals surface area contributed by atoms with Crippen LogP contribution in [0.5, 0.6) is 0 Å². The van der Waals surface area contributed by atoms with Crippen LogP contribution in [0.1, 0.15) is 40.5 Å². The molecule has 0 saturated heterocycles. The van der Waals surface area contributed by atoms with Gasteiger partial charge in [0.15, 0.2) is 0 Å². The standard InChI is InChI=1S/C11H28N2O3Si/c1-5-11(13)17(14-6-2,15-7-3)16-10(4)8-9-12/h10-11H,5-9,12-13H2,1-4H3. The Morgan fingerprint density at radius 3 is 2.00 bits per heavy atom. The van der Waals surface area contributed by atoms with Crippen LogP contribution in [0.3, 0.4) is 0 Å². The predicted octanol–water partition coefficient (Wildman–Crippen LogP) is 1.03. The van der Waals surface area contributed by atoms with E-state index in [0.29, 0.717) is 19.8 Å². The Kier molecular flexibility index (Phi) is 9.02. The highest BCUT2D eigenvalue weighted by Crippen LogP contribution is 2.19. The SMILES string of the molecule is CCO[Si](OCC)(OC(C)CCN)C(N)CC. The largest absolute Gasteiger partial charge is 0.518 e. The van der Waals surface area contributed by atoms with Gasteiger partial charge in [-0.15, -0.1) is 0 Å². The molecule has 0 heterocycles. The van der Waals surface area contributed by atoms with Gasteiger partial charge in [-0.3, -0.25) is 0 Å². The molecule has 4 N–H and O–H groups in total. The van der Waals surface area contributed by atoms with E-state index < -0.39 is 8.80 Å². The molecule has 0 bridgehead atoms. The van der Waals surface area contributed by atoms with Gasteiger partial charge in [0.1, 0.15) is 0 Å². The van der Waals surface area contributed by atoms with Gasteiger partial charge >= 0.3 is 8.80 Å². The number of hydrogen-bond donors (Lipinski definition) is 2. The zero-order valence-corrected chi connectivity index (χ0v) is 12.6. The Bertz CT molecular complexity index is 190. The number of rotatable bonds is 10. The summed E-state index contributed by atoms with van der Waals surface area (Å²) in [6.07, 6.45) is 1.58. The van der Waals surface area contributed by atoms with E-state index in [9.17, 15) is 0 Å². The molecular formula is C11H28N2O3Si. The molecule has 6 heteroatoms. The minimum absolute atomic E-state index is 0.0161. The van der Waals surface area contributed by atoms with Crippen LogP contribution in [-0.4, -0.2) is 40.3 Å². The number of hydrogen-bond acceptors (Lipinski definition) is 5. The highest BCUT2D eigenvalue weighted by molar-refractivity contribution is 6.62. The van der Waals surface area contributed by atoms with Crippen LogP contribution >= 0.6 is 0 Å². The maximum absolute atomic E-state index is 6.12. The first-order valence-corrected chi connectivity index (χ1v) is 8.27. The molecule has 0 aromatic heterocycles. The van der Waals surface area contributed by atoms with Gasteiger partial charge in [0.25, 0.3) is 0 Å². The van der Waals surface area contributed by atoms with E-state index in [1.165, 1.54) is 0 Å². The molecule has 0 fully saturated rings. The third-order valence-electron chi connectivity index (χ3n) is 2.52. The highest BCUT2D eigenvalue weighted by atomic mass is 28.4. The predicted molar refractivity (Wildman–Crippen MR) is 71.5 cm³/mol. The van der Waals surface area contributed by atoms with E-state index in [-0.39, 0.29) is 11.8 Å². The monoisotopic (exact) mass is 264 g/mol. The summed E-state index contributed by atoms with van der Waals surface area (Å²) in [5.41, 5.74) is 11.5. The molecule has 0 amide bonds. The van der Waals surface area contributed by atoms with Crippen molar-refractivity contribution in [2.24, 2.45) is 11.5 Å². The van der Waals surface area contributed by atoms with Crippen molar-refractivity contribution < 1.29 is 13.3 Å². The highest BCUT2D eigenvalue weighted by Gasteiger charge is 2.47. The van der Waals surface area contributed by atoms with E-state index in [1.54, 1.807) is 0 Å². The van der Waals surface area contributed by atoms with Gasteiger partial charge in [-0.25, -0.2) is 0 Å². The average Bonchev–Trinajstić information content (AvgIpc) is 2.28. The van der Waals surface area contributed by atoms with Crippen molar-refractivity contribution in [1.82, 2.24) is 0 Å². The first-order valence-electron chi connectivity index (χ1n) is 6.47. The van der Waals surface area contributed by atoms with E-state index in [4.69, 9.17) is 24.7 Å². The topological polar surface area (TPSA) is 79.7 Å². The number of nitrogens with two attached hydrogens (primary N) is 2. The summed E-state index contributed by atoms with van der Waals surface area (Å²) in [4.78, 5) is 0. The van der Waals surface area contributed by atoms with Crippen LogP contribution in [0.2, 0.25) is 0 Å². The Morgan fingerprint density at radius 1 is 1.12 bits per heavy atom. The molecule has 0 aromatic rings. The second-order valence-electron chi connectivity index (χ2n) is 3.99. The Morgan fingerprint density at radius 2 is 1.65 bits per heavy atom. The van der Waals surface area contributed by atoms with Crippen LogP contribution in [0.25, 0.3) is 0 Å². The summed E-state index contributed by atoms with van der Waals surface area (Å²) in [6.45, 7) is 9.55. The van der Waals surface area contributed by atoms with Crippen molar-refractivity contribution in [3.05, 3.63) is 0 Å². The van der Waals surface area contributed by atoms with Crippen LogP contribution in [0, 0.1) is 0 Å². The van der Waals surface area contributed by atoms with Crippen molar-refractivity contribution in [3.63, 3.8) is 0 Å². The van der Waals surface area contributed by atoms with E-state index in [0.717, 1.165) is 12.8 Å². The van der Waals surface area contributed by atoms with Crippen LogP contribution in [0.4, 0.5) is 0 Å². The first kappa shape index (κ1) is 17.0. The second kappa shape index (κ2) is 9.01. The van der Waals surface area contributed by atoms with E-state index >= 15 is 0 Å². The van der Waals surface area contributed by atoms with Crippen molar-refractivity contribution in [2.75, 3.05) is 19.8 Å². The van der Waals surface area contributed by atoms with Gasteiger partial charge in [0, 0.05) is 19.3 Å². The lowest BCUT2D eigenvalue weighted by atomic mass is 10.3. The molecule has 0 aliphatic rings. The fourth-order valence-electron chi connectivity index (χ4n) is 1.64. The molecule has 2 unspecified atom stereocenters. The Hall–Kier alpha value is 0.0169. The van der Waals surface area contributed by atoms with Crippen molar-refractivity contribution in [1.29, 1.82) is 0 Å². The minimum atomic E-state index is -2.78. The molecule has 0 aliphatic heterocycles. The van der Waals surface area contributed by atoms with Gasteiger partial charge in [0.2, 0.25) is 0 Å². The Balaban J connectivity index is 4.75. The molecule has 0 rings (SSSR count). The zero-order chi connectivity index (χ0) is 13.3.